The monoisotopic (exact) mass is 424 g/mol. The quantitative estimate of drug-likeness (QED) is 0.420. The summed E-state index contributed by atoms with van der Waals surface area (Å²) in [5.74, 6) is 0. The first kappa shape index (κ1) is 18.5. The van der Waals surface area contributed by atoms with Crippen molar-refractivity contribution in [2.45, 2.75) is 20.8 Å². The summed E-state index contributed by atoms with van der Waals surface area (Å²) in [6.07, 6.45) is 1.91. The van der Waals surface area contributed by atoms with E-state index < -0.39 is 0 Å². The third-order valence-corrected chi connectivity index (χ3v) is 5.67. The molecule has 0 radical (unpaired) electrons. The van der Waals surface area contributed by atoms with Crippen molar-refractivity contribution in [1.82, 2.24) is 4.57 Å². The Morgan fingerprint density at radius 3 is 2.50 bits per heavy atom. The van der Waals surface area contributed by atoms with Gasteiger partial charge in [0.05, 0.1) is 11.6 Å². The number of nitrogens with zero attached hydrogens (tertiary/aromatic N) is 2. The zero-order chi connectivity index (χ0) is 18.8. The van der Waals surface area contributed by atoms with Crippen LogP contribution in [0.3, 0.4) is 0 Å². The smallest absolute Gasteiger partial charge is 0.0998 e. The van der Waals surface area contributed by atoms with Gasteiger partial charge in [-0.1, -0.05) is 45.7 Å². The average molecular weight is 426 g/mol. The van der Waals surface area contributed by atoms with Crippen LogP contribution < -0.4 is 0 Å². The Balaban J connectivity index is 2.12. The number of hydrogen-bond donors (Lipinski definition) is 0. The van der Waals surface area contributed by atoms with Gasteiger partial charge < -0.3 is 4.57 Å². The molecule has 0 bridgehead atoms. The van der Waals surface area contributed by atoms with E-state index in [1.54, 1.807) is 6.07 Å². The summed E-state index contributed by atoms with van der Waals surface area (Å²) in [5, 5.41) is 10.2. The number of benzene rings is 2. The van der Waals surface area contributed by atoms with Crippen LogP contribution >= 0.6 is 27.5 Å². The highest BCUT2D eigenvalue weighted by Gasteiger charge is 2.12. The highest BCUT2D eigenvalue weighted by molar-refractivity contribution is 9.10. The van der Waals surface area contributed by atoms with Gasteiger partial charge in [0.25, 0.3) is 0 Å². The molecule has 130 valence electrons. The van der Waals surface area contributed by atoms with Crippen molar-refractivity contribution in [2.75, 3.05) is 0 Å². The Morgan fingerprint density at radius 1 is 1.12 bits per heavy atom. The topological polar surface area (TPSA) is 28.7 Å². The molecule has 3 aromatic rings. The lowest BCUT2D eigenvalue weighted by Gasteiger charge is -2.11. The fourth-order valence-corrected chi connectivity index (χ4v) is 3.59. The second kappa shape index (κ2) is 7.53. The molecular weight excluding hydrogens is 408 g/mol. The molecule has 0 aliphatic carbocycles. The van der Waals surface area contributed by atoms with Crippen molar-refractivity contribution >= 4 is 39.2 Å². The summed E-state index contributed by atoms with van der Waals surface area (Å²) < 4.78 is 3.29. The van der Waals surface area contributed by atoms with Gasteiger partial charge in [0.15, 0.2) is 0 Å². The van der Waals surface area contributed by atoms with Gasteiger partial charge in [0, 0.05) is 32.1 Å². The van der Waals surface area contributed by atoms with E-state index in [1.165, 1.54) is 5.56 Å². The van der Waals surface area contributed by atoms with E-state index in [0.717, 1.165) is 32.7 Å². The maximum atomic E-state index is 9.63. The third-order valence-electron chi connectivity index (χ3n) is 4.45. The van der Waals surface area contributed by atoms with E-state index in [0.29, 0.717) is 10.6 Å². The van der Waals surface area contributed by atoms with Crippen LogP contribution in [0, 0.1) is 32.1 Å². The van der Waals surface area contributed by atoms with Gasteiger partial charge in [-0.15, -0.1) is 0 Å². The lowest BCUT2D eigenvalue weighted by molar-refractivity contribution is 0.962. The molecule has 1 heterocycles. The Bertz CT molecular complexity index is 1050. The van der Waals surface area contributed by atoms with Crippen LogP contribution in [0.5, 0.6) is 0 Å². The van der Waals surface area contributed by atoms with Crippen LogP contribution in [0.2, 0.25) is 5.02 Å². The van der Waals surface area contributed by atoms with Gasteiger partial charge in [-0.25, -0.2) is 0 Å². The minimum atomic E-state index is 0.558. The summed E-state index contributed by atoms with van der Waals surface area (Å²) in [6.45, 7) is 6.22. The molecular formula is C22H18BrClN2. The number of rotatable bonds is 3. The minimum Gasteiger partial charge on any atom is -0.318 e. The van der Waals surface area contributed by atoms with E-state index in [1.807, 2.05) is 24.3 Å². The number of allylic oxidation sites excluding steroid dienone is 1. The van der Waals surface area contributed by atoms with Crippen LogP contribution in [0.25, 0.3) is 17.3 Å². The molecule has 2 nitrogen and oxygen atoms in total. The zero-order valence-electron chi connectivity index (χ0n) is 14.8. The van der Waals surface area contributed by atoms with E-state index >= 15 is 0 Å². The molecule has 0 N–H and O–H groups in total. The van der Waals surface area contributed by atoms with Crippen LogP contribution in [0.15, 0.2) is 53.0 Å². The predicted octanol–water partition coefficient (Wildman–Crippen LogP) is 6.88. The van der Waals surface area contributed by atoms with E-state index in [2.05, 4.69) is 71.6 Å². The fraction of sp³-hybridized carbons (Fsp3) is 0.136. The minimum absolute atomic E-state index is 0.558. The molecule has 26 heavy (non-hydrogen) atoms. The molecule has 0 unspecified atom stereocenters. The Labute approximate surface area is 167 Å². The largest absolute Gasteiger partial charge is 0.318 e. The maximum Gasteiger partial charge on any atom is 0.0998 e. The number of aryl methyl sites for hydroxylation is 2. The lowest BCUT2D eigenvalue weighted by Crippen LogP contribution is -1.99. The van der Waals surface area contributed by atoms with Gasteiger partial charge in [0.1, 0.15) is 0 Å². The van der Waals surface area contributed by atoms with E-state index in [-0.39, 0.29) is 0 Å². The summed E-state index contributed by atoms with van der Waals surface area (Å²) in [6, 6.07) is 18.1. The third kappa shape index (κ3) is 3.49. The number of aromatic nitrogens is 1. The molecule has 0 aliphatic rings. The van der Waals surface area contributed by atoms with Crippen LogP contribution in [-0.4, -0.2) is 4.57 Å². The van der Waals surface area contributed by atoms with Crippen molar-refractivity contribution in [1.29, 1.82) is 5.26 Å². The molecule has 0 aliphatic heterocycles. The maximum absolute atomic E-state index is 9.63. The van der Waals surface area contributed by atoms with Gasteiger partial charge in [-0.2, -0.15) is 5.26 Å². The molecule has 0 saturated carbocycles. The Kier molecular flexibility index (Phi) is 5.36. The summed E-state index contributed by atoms with van der Waals surface area (Å²) >= 11 is 9.82. The van der Waals surface area contributed by atoms with E-state index in [4.69, 9.17) is 11.6 Å². The van der Waals surface area contributed by atoms with Crippen molar-refractivity contribution in [2.24, 2.45) is 0 Å². The Morgan fingerprint density at radius 2 is 1.85 bits per heavy atom. The van der Waals surface area contributed by atoms with Crippen molar-refractivity contribution < 1.29 is 0 Å². The molecule has 0 saturated heterocycles. The van der Waals surface area contributed by atoms with Crippen molar-refractivity contribution in [3.8, 4) is 11.8 Å². The molecule has 0 fully saturated rings. The molecule has 0 amide bonds. The molecule has 4 heteroatoms. The van der Waals surface area contributed by atoms with Gasteiger partial charge in [0.2, 0.25) is 0 Å². The second-order valence-corrected chi connectivity index (χ2v) is 7.51. The number of nitriles is 1. The highest BCUT2D eigenvalue weighted by atomic mass is 79.9. The van der Waals surface area contributed by atoms with Crippen molar-refractivity contribution in [3.05, 3.63) is 86.1 Å². The predicted molar refractivity (Wildman–Crippen MR) is 113 cm³/mol. The lowest BCUT2D eigenvalue weighted by atomic mass is 10.0. The van der Waals surface area contributed by atoms with E-state index in [9.17, 15) is 5.26 Å². The van der Waals surface area contributed by atoms with Gasteiger partial charge >= 0.3 is 0 Å². The number of hydrogen-bond acceptors (Lipinski definition) is 1. The molecule has 1 aromatic heterocycles. The summed E-state index contributed by atoms with van der Waals surface area (Å²) in [4.78, 5) is 0. The molecule has 0 spiro atoms. The second-order valence-electron chi connectivity index (χ2n) is 6.25. The fourth-order valence-electron chi connectivity index (χ4n) is 3.10. The van der Waals surface area contributed by atoms with Crippen molar-refractivity contribution in [3.63, 3.8) is 0 Å². The molecule has 3 rings (SSSR count). The normalized spacial score (nSPS) is 11.5. The standard InChI is InChI=1S/C22H18BrClN2/c1-14-10-19(8-9-21(14)23)26-15(2)11-17(16(26)3)12-18(13-25)20-6-4-5-7-22(20)24/h4-12H,1-3H3. The molecule has 2 aromatic carbocycles. The average Bonchev–Trinajstić information content (AvgIpc) is 2.89. The van der Waals surface area contributed by atoms with Crippen LogP contribution in [0.1, 0.15) is 28.1 Å². The first-order chi connectivity index (χ1) is 12.4. The highest BCUT2D eigenvalue weighted by Crippen LogP contribution is 2.29. The van der Waals surface area contributed by atoms with Gasteiger partial charge in [-0.05, 0) is 68.3 Å². The first-order valence-corrected chi connectivity index (χ1v) is 9.41. The molecule has 0 atom stereocenters. The van der Waals surface area contributed by atoms with Gasteiger partial charge in [-0.3, -0.25) is 0 Å². The SMILES string of the molecule is Cc1cc(-n2c(C)cc(C=C(C#N)c3ccccc3Cl)c2C)ccc1Br. The number of halogens is 2. The summed E-state index contributed by atoms with van der Waals surface area (Å²) in [5.41, 5.74) is 6.82. The summed E-state index contributed by atoms with van der Waals surface area (Å²) in [7, 11) is 0. The van der Waals surface area contributed by atoms with Crippen LogP contribution in [-0.2, 0) is 0 Å². The van der Waals surface area contributed by atoms with Crippen LogP contribution in [0.4, 0.5) is 0 Å². The Hall–Kier alpha value is -2.28. The zero-order valence-corrected chi connectivity index (χ0v) is 17.2. The first-order valence-electron chi connectivity index (χ1n) is 8.24.